The molecule has 0 fully saturated rings. The van der Waals surface area contributed by atoms with Gasteiger partial charge in [0, 0.05) is 17.2 Å². The molecule has 0 spiro atoms. The molecule has 2 rings (SSSR count). The van der Waals surface area contributed by atoms with Gasteiger partial charge in [0.15, 0.2) is 0 Å². The van der Waals surface area contributed by atoms with E-state index in [-0.39, 0.29) is 16.7 Å². The van der Waals surface area contributed by atoms with E-state index in [0.29, 0.717) is 5.56 Å². The van der Waals surface area contributed by atoms with Crippen molar-refractivity contribution >= 4 is 5.97 Å². The Bertz CT molecular complexity index is 715. The Hall–Kier alpha value is -2.67. The number of terminal acetylenes is 1. The summed E-state index contributed by atoms with van der Waals surface area (Å²) in [6.45, 7) is 0. The lowest BCUT2D eigenvalue weighted by molar-refractivity contribution is 0.0601. The summed E-state index contributed by atoms with van der Waals surface area (Å²) in [5.74, 6) is 0.173. The molecule has 0 aliphatic rings. The molecule has 2 nitrogen and oxygen atoms in total. The van der Waals surface area contributed by atoms with Gasteiger partial charge in [-0.3, -0.25) is 0 Å². The molecule has 20 heavy (non-hydrogen) atoms. The zero-order chi connectivity index (χ0) is 14.7. The number of hydrogen-bond donors (Lipinski definition) is 0. The molecule has 0 atom stereocenters. The van der Waals surface area contributed by atoms with Crippen molar-refractivity contribution in [1.82, 2.24) is 0 Å². The fraction of sp³-hybridized carbons (Fsp3) is 0.0625. The zero-order valence-electron chi connectivity index (χ0n) is 10.6. The first-order valence-corrected chi connectivity index (χ1v) is 5.71. The minimum atomic E-state index is -0.778. The van der Waals surface area contributed by atoms with Gasteiger partial charge in [-0.2, -0.15) is 0 Å². The highest BCUT2D eigenvalue weighted by Crippen LogP contribution is 2.28. The highest BCUT2D eigenvalue weighted by atomic mass is 19.1. The number of benzene rings is 2. The fourth-order valence-electron chi connectivity index (χ4n) is 1.90. The Labute approximate surface area is 115 Å². The van der Waals surface area contributed by atoms with E-state index in [9.17, 15) is 13.6 Å². The zero-order valence-corrected chi connectivity index (χ0v) is 10.6. The van der Waals surface area contributed by atoms with Crippen LogP contribution in [0.1, 0.15) is 15.9 Å². The van der Waals surface area contributed by atoms with E-state index in [2.05, 4.69) is 10.7 Å². The molecule has 2 aromatic carbocycles. The predicted molar refractivity (Wildman–Crippen MR) is 71.1 cm³/mol. The van der Waals surface area contributed by atoms with Crippen LogP contribution in [0.15, 0.2) is 36.4 Å². The minimum Gasteiger partial charge on any atom is -0.465 e. The van der Waals surface area contributed by atoms with Crippen LogP contribution in [0.2, 0.25) is 0 Å². The highest BCUT2D eigenvalue weighted by Gasteiger charge is 2.14. The molecule has 0 heterocycles. The van der Waals surface area contributed by atoms with Crippen molar-refractivity contribution in [1.29, 1.82) is 0 Å². The van der Waals surface area contributed by atoms with Gasteiger partial charge in [-0.15, -0.1) is 6.42 Å². The van der Waals surface area contributed by atoms with Gasteiger partial charge in [-0.1, -0.05) is 18.1 Å². The smallest absolute Gasteiger partial charge is 0.337 e. The van der Waals surface area contributed by atoms with Gasteiger partial charge in [0.05, 0.1) is 12.7 Å². The second-order valence-electron chi connectivity index (χ2n) is 4.03. The number of carbonyl (C=O) groups excluding carboxylic acids is 1. The van der Waals surface area contributed by atoms with Crippen LogP contribution in [0.25, 0.3) is 11.1 Å². The summed E-state index contributed by atoms with van der Waals surface area (Å²) in [4.78, 5) is 11.5. The summed E-state index contributed by atoms with van der Waals surface area (Å²) >= 11 is 0. The standard InChI is InChI=1S/C16H10F2O2/c1-3-10-8-13(17)9-14(18)15(10)11-5-4-6-12(7-11)16(19)20-2/h1,4-9H,2H3. The van der Waals surface area contributed by atoms with Crippen LogP contribution in [0, 0.1) is 24.0 Å². The Morgan fingerprint density at radius 2 is 2.00 bits per heavy atom. The first-order chi connectivity index (χ1) is 9.56. The third-order valence-corrected chi connectivity index (χ3v) is 2.78. The van der Waals surface area contributed by atoms with Crippen molar-refractivity contribution in [2.75, 3.05) is 7.11 Å². The lowest BCUT2D eigenvalue weighted by Gasteiger charge is -2.08. The third kappa shape index (κ3) is 2.52. The van der Waals surface area contributed by atoms with Crippen LogP contribution in [0.5, 0.6) is 0 Å². The average molecular weight is 272 g/mol. The molecule has 0 unspecified atom stereocenters. The number of halogens is 2. The largest absolute Gasteiger partial charge is 0.465 e. The Morgan fingerprint density at radius 3 is 2.65 bits per heavy atom. The van der Waals surface area contributed by atoms with Gasteiger partial charge < -0.3 is 4.74 Å². The summed E-state index contributed by atoms with van der Waals surface area (Å²) in [5.41, 5.74) is 0.819. The van der Waals surface area contributed by atoms with Gasteiger partial charge in [0.25, 0.3) is 0 Å². The maximum absolute atomic E-state index is 13.9. The number of hydrogen-bond acceptors (Lipinski definition) is 2. The van der Waals surface area contributed by atoms with Gasteiger partial charge in [0.1, 0.15) is 11.6 Å². The summed E-state index contributed by atoms with van der Waals surface area (Å²) in [5, 5.41) is 0. The molecule has 4 heteroatoms. The number of ether oxygens (including phenoxy) is 1. The van der Waals surface area contributed by atoms with E-state index in [0.717, 1.165) is 12.1 Å². The Kier molecular flexibility index (Phi) is 3.81. The Balaban J connectivity index is 2.63. The first kappa shape index (κ1) is 13.8. The van der Waals surface area contributed by atoms with E-state index in [1.54, 1.807) is 12.1 Å². The lowest BCUT2D eigenvalue weighted by atomic mass is 9.97. The monoisotopic (exact) mass is 272 g/mol. The van der Waals surface area contributed by atoms with Gasteiger partial charge >= 0.3 is 5.97 Å². The van der Waals surface area contributed by atoms with Crippen LogP contribution >= 0.6 is 0 Å². The average Bonchev–Trinajstić information content (AvgIpc) is 2.45. The topological polar surface area (TPSA) is 26.3 Å². The molecule has 0 amide bonds. The van der Waals surface area contributed by atoms with Crippen LogP contribution in [-0.4, -0.2) is 13.1 Å². The maximum Gasteiger partial charge on any atom is 0.337 e. The molecule has 0 N–H and O–H groups in total. The molecule has 0 aliphatic carbocycles. The van der Waals surface area contributed by atoms with Gasteiger partial charge in [-0.05, 0) is 23.8 Å². The molecule has 0 radical (unpaired) electrons. The molecular weight excluding hydrogens is 262 g/mol. The van der Waals surface area contributed by atoms with E-state index >= 15 is 0 Å². The minimum absolute atomic E-state index is 0.0830. The van der Waals surface area contributed by atoms with Crippen LogP contribution in [-0.2, 0) is 4.74 Å². The SMILES string of the molecule is C#Cc1cc(F)cc(F)c1-c1cccc(C(=O)OC)c1. The van der Waals surface area contributed by atoms with Crippen molar-refractivity contribution < 1.29 is 18.3 Å². The normalized spacial score (nSPS) is 9.90. The second-order valence-corrected chi connectivity index (χ2v) is 4.03. The molecule has 0 saturated carbocycles. The second kappa shape index (κ2) is 5.54. The van der Waals surface area contributed by atoms with Gasteiger partial charge in [0.2, 0.25) is 0 Å². The van der Waals surface area contributed by atoms with Crippen LogP contribution in [0.4, 0.5) is 8.78 Å². The molecule has 0 aromatic heterocycles. The number of rotatable bonds is 2. The highest BCUT2D eigenvalue weighted by molar-refractivity contribution is 5.91. The maximum atomic E-state index is 13.9. The van der Waals surface area contributed by atoms with Crippen molar-refractivity contribution in [2.24, 2.45) is 0 Å². The van der Waals surface area contributed by atoms with Crippen molar-refractivity contribution in [2.45, 2.75) is 0 Å². The van der Waals surface area contributed by atoms with Crippen molar-refractivity contribution in [3.63, 3.8) is 0 Å². The fourth-order valence-corrected chi connectivity index (χ4v) is 1.90. The number of esters is 1. The molecule has 0 aliphatic heterocycles. The molecular formula is C16H10F2O2. The van der Waals surface area contributed by atoms with E-state index < -0.39 is 17.6 Å². The van der Waals surface area contributed by atoms with Crippen LogP contribution in [0.3, 0.4) is 0 Å². The lowest BCUT2D eigenvalue weighted by Crippen LogP contribution is -2.01. The van der Waals surface area contributed by atoms with Crippen molar-refractivity contribution in [3.8, 4) is 23.5 Å². The molecule has 2 aromatic rings. The van der Waals surface area contributed by atoms with E-state index in [4.69, 9.17) is 6.42 Å². The van der Waals surface area contributed by atoms with Crippen LogP contribution < -0.4 is 0 Å². The molecule has 0 bridgehead atoms. The van der Waals surface area contributed by atoms with E-state index in [1.807, 2.05) is 0 Å². The van der Waals surface area contributed by atoms with Crippen molar-refractivity contribution in [3.05, 3.63) is 59.2 Å². The third-order valence-electron chi connectivity index (χ3n) is 2.78. The number of methoxy groups -OCH3 is 1. The summed E-state index contributed by atoms with van der Waals surface area (Å²) in [6, 6.07) is 7.97. The van der Waals surface area contributed by atoms with E-state index in [1.165, 1.54) is 19.2 Å². The number of carbonyl (C=O) groups is 1. The first-order valence-electron chi connectivity index (χ1n) is 5.71. The predicted octanol–water partition coefficient (Wildman–Crippen LogP) is 3.40. The molecule has 100 valence electrons. The molecule has 0 saturated heterocycles. The summed E-state index contributed by atoms with van der Waals surface area (Å²) in [6.07, 6.45) is 5.27. The summed E-state index contributed by atoms with van der Waals surface area (Å²) in [7, 11) is 1.25. The van der Waals surface area contributed by atoms with Gasteiger partial charge in [-0.25, -0.2) is 13.6 Å². The quantitative estimate of drug-likeness (QED) is 0.618. The summed E-state index contributed by atoms with van der Waals surface area (Å²) < 4.78 is 31.7. The Morgan fingerprint density at radius 1 is 1.25 bits per heavy atom.